The summed E-state index contributed by atoms with van der Waals surface area (Å²) in [5.41, 5.74) is 2.62. The molecule has 1 aromatic heterocycles. The third-order valence-electron chi connectivity index (χ3n) is 4.44. The molecule has 1 aromatic carbocycles. The molecule has 0 aliphatic carbocycles. The zero-order valence-corrected chi connectivity index (χ0v) is 14.9. The average Bonchev–Trinajstić information content (AvgIpc) is 2.92. The lowest BCUT2D eigenvalue weighted by Crippen LogP contribution is -2.35. The summed E-state index contributed by atoms with van der Waals surface area (Å²) in [6.45, 7) is 5.53. The third kappa shape index (κ3) is 3.47. The summed E-state index contributed by atoms with van der Waals surface area (Å²) in [4.78, 5) is 0.341. The molecule has 0 atom stereocenters. The zero-order chi connectivity index (χ0) is 17.2. The van der Waals surface area contributed by atoms with Crippen molar-refractivity contribution >= 4 is 15.7 Å². The van der Waals surface area contributed by atoms with Crippen LogP contribution in [0.5, 0.6) is 0 Å². The maximum Gasteiger partial charge on any atom is 0.243 e. The smallest absolute Gasteiger partial charge is 0.243 e. The van der Waals surface area contributed by atoms with Crippen LogP contribution in [0.25, 0.3) is 0 Å². The van der Waals surface area contributed by atoms with Gasteiger partial charge in [-0.25, -0.2) is 8.42 Å². The lowest BCUT2D eigenvalue weighted by Gasteiger charge is -2.26. The molecule has 0 saturated carbocycles. The number of nitrogens with one attached hydrogen (secondary N) is 1. The van der Waals surface area contributed by atoms with Crippen molar-refractivity contribution in [2.75, 3.05) is 18.4 Å². The van der Waals surface area contributed by atoms with Gasteiger partial charge in [-0.2, -0.15) is 4.31 Å². The van der Waals surface area contributed by atoms with Crippen LogP contribution in [-0.2, 0) is 16.6 Å². The van der Waals surface area contributed by atoms with Gasteiger partial charge in [0.15, 0.2) is 0 Å². The Labute approximate surface area is 142 Å². The van der Waals surface area contributed by atoms with Crippen LogP contribution in [0, 0.1) is 13.8 Å². The van der Waals surface area contributed by atoms with Gasteiger partial charge in [-0.05, 0) is 44.9 Å². The van der Waals surface area contributed by atoms with E-state index < -0.39 is 10.0 Å². The summed E-state index contributed by atoms with van der Waals surface area (Å²) < 4.78 is 32.2. The Bertz CT molecular complexity index is 789. The highest BCUT2D eigenvalue weighted by Crippen LogP contribution is 2.23. The second-order valence-electron chi connectivity index (χ2n) is 6.15. The highest BCUT2D eigenvalue weighted by molar-refractivity contribution is 7.89. The first kappa shape index (κ1) is 17.0. The number of hydrogen-bond donors (Lipinski definition) is 1. The van der Waals surface area contributed by atoms with E-state index in [1.165, 1.54) is 0 Å². The second kappa shape index (κ2) is 6.94. The Kier molecular flexibility index (Phi) is 4.91. The van der Waals surface area contributed by atoms with Crippen LogP contribution >= 0.6 is 0 Å². The molecule has 1 N–H and O–H groups in total. The van der Waals surface area contributed by atoms with Crippen molar-refractivity contribution in [1.82, 2.24) is 9.46 Å². The van der Waals surface area contributed by atoms with Crippen LogP contribution in [0.15, 0.2) is 33.7 Å². The average molecular weight is 349 g/mol. The van der Waals surface area contributed by atoms with Crippen molar-refractivity contribution in [1.29, 1.82) is 0 Å². The van der Waals surface area contributed by atoms with Gasteiger partial charge in [0.05, 0.1) is 10.6 Å². The zero-order valence-electron chi connectivity index (χ0n) is 14.1. The van der Waals surface area contributed by atoms with Crippen molar-refractivity contribution in [3.63, 3.8) is 0 Å². The molecule has 1 aliphatic heterocycles. The van der Waals surface area contributed by atoms with E-state index in [0.717, 1.165) is 42.0 Å². The number of sulfonamides is 1. The minimum Gasteiger partial charge on any atom is -0.381 e. The SMILES string of the molecule is Cc1noc(C)c1CNc1cccc(S(=O)(=O)N2CCCCC2)c1. The summed E-state index contributed by atoms with van der Waals surface area (Å²) in [6.07, 6.45) is 2.97. The minimum absolute atomic E-state index is 0.341. The van der Waals surface area contributed by atoms with Gasteiger partial charge >= 0.3 is 0 Å². The van der Waals surface area contributed by atoms with Gasteiger partial charge in [0.25, 0.3) is 0 Å². The Hall–Kier alpha value is -1.86. The molecule has 130 valence electrons. The monoisotopic (exact) mass is 349 g/mol. The first-order valence-electron chi connectivity index (χ1n) is 8.24. The lowest BCUT2D eigenvalue weighted by molar-refractivity contribution is 0.346. The molecule has 6 nitrogen and oxygen atoms in total. The fraction of sp³-hybridized carbons (Fsp3) is 0.471. The topological polar surface area (TPSA) is 75.4 Å². The van der Waals surface area contributed by atoms with E-state index in [9.17, 15) is 8.42 Å². The molecular formula is C17H23N3O3S. The van der Waals surface area contributed by atoms with Crippen LogP contribution in [0.4, 0.5) is 5.69 Å². The molecule has 1 aliphatic rings. The molecule has 0 radical (unpaired) electrons. The van der Waals surface area contributed by atoms with Gasteiger partial charge in [0, 0.05) is 30.9 Å². The number of benzene rings is 1. The number of piperidine rings is 1. The Morgan fingerprint density at radius 2 is 1.96 bits per heavy atom. The standard InChI is InChI=1S/C17H23N3O3S/c1-13-17(14(2)23-19-13)12-18-15-7-6-8-16(11-15)24(21,22)20-9-4-3-5-10-20/h6-8,11,18H,3-5,9-10,12H2,1-2H3. The number of hydrogen-bond acceptors (Lipinski definition) is 5. The predicted molar refractivity (Wildman–Crippen MR) is 92.4 cm³/mol. The summed E-state index contributed by atoms with van der Waals surface area (Å²) in [5, 5.41) is 7.19. The van der Waals surface area contributed by atoms with E-state index in [2.05, 4.69) is 10.5 Å². The summed E-state index contributed by atoms with van der Waals surface area (Å²) >= 11 is 0. The maximum absolute atomic E-state index is 12.8. The van der Waals surface area contributed by atoms with E-state index in [4.69, 9.17) is 4.52 Å². The predicted octanol–water partition coefficient (Wildman–Crippen LogP) is 3.08. The largest absolute Gasteiger partial charge is 0.381 e. The fourth-order valence-electron chi connectivity index (χ4n) is 2.97. The van der Waals surface area contributed by atoms with Crippen LogP contribution < -0.4 is 5.32 Å². The van der Waals surface area contributed by atoms with Crippen molar-refractivity contribution in [2.24, 2.45) is 0 Å². The first-order valence-corrected chi connectivity index (χ1v) is 9.68. The molecule has 3 rings (SSSR count). The number of aromatic nitrogens is 1. The van der Waals surface area contributed by atoms with Gasteiger partial charge in [0.2, 0.25) is 10.0 Å². The molecule has 0 unspecified atom stereocenters. The Morgan fingerprint density at radius 3 is 2.62 bits per heavy atom. The molecule has 0 bridgehead atoms. The minimum atomic E-state index is -3.41. The molecule has 2 aromatic rings. The van der Waals surface area contributed by atoms with Crippen LogP contribution in [-0.4, -0.2) is 31.0 Å². The molecule has 7 heteroatoms. The van der Waals surface area contributed by atoms with Crippen molar-refractivity contribution in [3.8, 4) is 0 Å². The molecule has 2 heterocycles. The van der Waals surface area contributed by atoms with E-state index in [-0.39, 0.29) is 0 Å². The van der Waals surface area contributed by atoms with E-state index in [1.807, 2.05) is 19.9 Å². The number of aryl methyl sites for hydroxylation is 2. The summed E-state index contributed by atoms with van der Waals surface area (Å²) in [5.74, 6) is 0.775. The lowest BCUT2D eigenvalue weighted by atomic mass is 10.2. The number of nitrogens with zero attached hydrogens (tertiary/aromatic N) is 2. The third-order valence-corrected chi connectivity index (χ3v) is 6.33. The van der Waals surface area contributed by atoms with Crippen molar-refractivity contribution < 1.29 is 12.9 Å². The molecular weight excluding hydrogens is 326 g/mol. The summed E-state index contributed by atoms with van der Waals surface area (Å²) in [6, 6.07) is 6.99. The molecule has 1 saturated heterocycles. The fourth-order valence-corrected chi connectivity index (χ4v) is 4.53. The van der Waals surface area contributed by atoms with Gasteiger partial charge in [0.1, 0.15) is 5.76 Å². The Morgan fingerprint density at radius 1 is 1.21 bits per heavy atom. The Balaban J connectivity index is 1.76. The van der Waals surface area contributed by atoms with Crippen LogP contribution in [0.1, 0.15) is 36.3 Å². The molecule has 24 heavy (non-hydrogen) atoms. The van der Waals surface area contributed by atoms with E-state index in [1.54, 1.807) is 22.5 Å². The summed E-state index contributed by atoms with van der Waals surface area (Å²) in [7, 11) is -3.41. The van der Waals surface area contributed by atoms with Gasteiger partial charge < -0.3 is 9.84 Å². The molecule has 0 spiro atoms. The normalized spacial score (nSPS) is 16.2. The van der Waals surface area contributed by atoms with Crippen molar-refractivity contribution in [3.05, 3.63) is 41.3 Å². The van der Waals surface area contributed by atoms with E-state index in [0.29, 0.717) is 24.5 Å². The number of anilines is 1. The van der Waals surface area contributed by atoms with Gasteiger partial charge in [-0.1, -0.05) is 17.6 Å². The van der Waals surface area contributed by atoms with Gasteiger partial charge in [-0.15, -0.1) is 0 Å². The second-order valence-corrected chi connectivity index (χ2v) is 8.09. The molecule has 0 amide bonds. The van der Waals surface area contributed by atoms with Crippen molar-refractivity contribution in [2.45, 2.75) is 44.6 Å². The maximum atomic E-state index is 12.8. The van der Waals surface area contributed by atoms with Crippen LogP contribution in [0.3, 0.4) is 0 Å². The van der Waals surface area contributed by atoms with Crippen LogP contribution in [0.2, 0.25) is 0 Å². The number of rotatable bonds is 5. The highest BCUT2D eigenvalue weighted by atomic mass is 32.2. The first-order chi connectivity index (χ1) is 11.5. The van der Waals surface area contributed by atoms with E-state index >= 15 is 0 Å². The van der Waals surface area contributed by atoms with Gasteiger partial charge in [-0.3, -0.25) is 0 Å². The molecule has 1 fully saturated rings. The highest BCUT2D eigenvalue weighted by Gasteiger charge is 2.25. The quantitative estimate of drug-likeness (QED) is 0.898.